The quantitative estimate of drug-likeness (QED) is 0.504. The predicted molar refractivity (Wildman–Crippen MR) is 97.6 cm³/mol. The molecule has 2 rings (SSSR count). The molecule has 0 aromatic heterocycles. The number of ketones is 2. The Bertz CT molecular complexity index is 618. The van der Waals surface area contributed by atoms with Gasteiger partial charge in [-0.15, -0.1) is 0 Å². The first kappa shape index (κ1) is 18.0. The molecule has 24 heavy (non-hydrogen) atoms. The molecular weight excluding hydrogens is 300 g/mol. The normalized spacial score (nSPS) is 14.2. The van der Waals surface area contributed by atoms with Crippen LogP contribution in [-0.4, -0.2) is 18.1 Å². The van der Waals surface area contributed by atoms with Gasteiger partial charge in [-0.25, -0.2) is 0 Å². The van der Waals surface area contributed by atoms with Gasteiger partial charge in [0.25, 0.3) is 0 Å². The number of carbonyl (C=O) groups is 2. The second kappa shape index (κ2) is 9.71. The third-order valence-electron chi connectivity index (χ3n) is 3.98. The molecule has 0 fully saturated rings. The average Bonchev–Trinajstić information content (AvgIpc) is 2.59. The minimum Gasteiger partial charge on any atom is -0.382 e. The summed E-state index contributed by atoms with van der Waals surface area (Å²) >= 11 is 0. The number of allylic oxidation sites excluding steroid dienone is 2. The van der Waals surface area contributed by atoms with Crippen LogP contribution >= 0.6 is 0 Å². The fraction of sp³-hybridized carbons (Fsp3) is 0.400. The number of unbranched alkanes of at least 4 members (excludes halogenated alkanes) is 5. The molecular formula is C20H26N2O2. The van der Waals surface area contributed by atoms with Gasteiger partial charge in [-0.3, -0.25) is 9.59 Å². The van der Waals surface area contributed by atoms with E-state index in [0.717, 1.165) is 25.1 Å². The first-order valence-electron chi connectivity index (χ1n) is 8.78. The van der Waals surface area contributed by atoms with Gasteiger partial charge in [0.05, 0.1) is 11.4 Å². The van der Waals surface area contributed by atoms with Crippen LogP contribution in [0.3, 0.4) is 0 Å². The monoisotopic (exact) mass is 326 g/mol. The van der Waals surface area contributed by atoms with E-state index < -0.39 is 0 Å². The number of nitrogens with one attached hydrogen (secondary N) is 2. The van der Waals surface area contributed by atoms with Crippen molar-refractivity contribution in [2.45, 2.75) is 45.4 Å². The molecule has 0 aliphatic heterocycles. The summed E-state index contributed by atoms with van der Waals surface area (Å²) in [4.78, 5) is 24.3. The molecule has 0 radical (unpaired) electrons. The van der Waals surface area contributed by atoms with Gasteiger partial charge in [0.15, 0.2) is 0 Å². The third-order valence-corrected chi connectivity index (χ3v) is 3.98. The molecule has 4 heteroatoms. The number of hydrogen-bond acceptors (Lipinski definition) is 4. The molecule has 1 aliphatic carbocycles. The zero-order valence-electron chi connectivity index (χ0n) is 14.3. The van der Waals surface area contributed by atoms with E-state index in [0.29, 0.717) is 11.4 Å². The van der Waals surface area contributed by atoms with Crippen LogP contribution in [0.2, 0.25) is 0 Å². The highest BCUT2D eigenvalue weighted by Gasteiger charge is 2.20. The Kier molecular flexibility index (Phi) is 7.27. The fourth-order valence-electron chi connectivity index (χ4n) is 2.60. The van der Waals surface area contributed by atoms with Gasteiger partial charge in [-0.2, -0.15) is 0 Å². The lowest BCUT2D eigenvalue weighted by Gasteiger charge is -2.15. The highest BCUT2D eigenvalue weighted by atomic mass is 16.1. The van der Waals surface area contributed by atoms with Gasteiger partial charge < -0.3 is 10.6 Å². The summed E-state index contributed by atoms with van der Waals surface area (Å²) in [5.41, 5.74) is 1.50. The zero-order chi connectivity index (χ0) is 17.2. The van der Waals surface area contributed by atoms with E-state index in [9.17, 15) is 9.59 Å². The van der Waals surface area contributed by atoms with E-state index in [1.165, 1.54) is 37.8 Å². The molecule has 0 heterocycles. The molecule has 0 amide bonds. The summed E-state index contributed by atoms with van der Waals surface area (Å²) in [6, 6.07) is 9.36. The summed E-state index contributed by atoms with van der Waals surface area (Å²) in [6.45, 7) is 2.93. The summed E-state index contributed by atoms with van der Waals surface area (Å²) in [6.07, 6.45) is 9.96. The van der Waals surface area contributed by atoms with Crippen LogP contribution in [-0.2, 0) is 9.59 Å². The molecule has 4 nitrogen and oxygen atoms in total. The van der Waals surface area contributed by atoms with Crippen LogP contribution in [0.15, 0.2) is 53.9 Å². The van der Waals surface area contributed by atoms with Gasteiger partial charge in [0, 0.05) is 24.4 Å². The molecule has 0 saturated carbocycles. The fourth-order valence-corrected chi connectivity index (χ4v) is 2.60. The van der Waals surface area contributed by atoms with Crippen LogP contribution in [0.1, 0.15) is 45.4 Å². The maximum Gasteiger partial charge on any atom is 0.204 e. The first-order chi connectivity index (χ1) is 11.7. The number of para-hydroxylation sites is 1. The maximum atomic E-state index is 12.2. The van der Waals surface area contributed by atoms with Crippen molar-refractivity contribution < 1.29 is 9.59 Å². The second-order valence-electron chi connectivity index (χ2n) is 6.03. The Hall–Kier alpha value is -2.36. The van der Waals surface area contributed by atoms with Crippen molar-refractivity contribution in [1.82, 2.24) is 5.32 Å². The van der Waals surface area contributed by atoms with Crippen LogP contribution in [0.5, 0.6) is 0 Å². The molecule has 2 N–H and O–H groups in total. The summed E-state index contributed by atoms with van der Waals surface area (Å²) in [5.74, 6) is -0.331. The maximum absolute atomic E-state index is 12.2. The largest absolute Gasteiger partial charge is 0.382 e. The Morgan fingerprint density at radius 2 is 1.42 bits per heavy atom. The highest BCUT2D eigenvalue weighted by molar-refractivity contribution is 6.20. The molecule has 0 bridgehead atoms. The van der Waals surface area contributed by atoms with Crippen molar-refractivity contribution in [2.24, 2.45) is 0 Å². The summed E-state index contributed by atoms with van der Waals surface area (Å²) in [7, 11) is 0. The van der Waals surface area contributed by atoms with E-state index in [1.807, 2.05) is 30.3 Å². The number of rotatable bonds is 10. The number of carbonyl (C=O) groups excluding carboxylic acids is 2. The molecule has 0 atom stereocenters. The standard InChI is InChI=1S/C20H26N2O2/c1-2-3-4-5-6-10-13-21-17-14-20(24)18(15-19(17)23)22-16-11-8-7-9-12-16/h7-9,11-12,14-15,21-22H,2-6,10,13H2,1H3. The lowest BCUT2D eigenvalue weighted by Crippen LogP contribution is -2.27. The van der Waals surface area contributed by atoms with Crippen LogP contribution in [0, 0.1) is 0 Å². The van der Waals surface area contributed by atoms with Gasteiger partial charge in [-0.05, 0) is 18.6 Å². The zero-order valence-corrected chi connectivity index (χ0v) is 14.3. The molecule has 1 aliphatic rings. The molecule has 0 unspecified atom stereocenters. The Morgan fingerprint density at radius 1 is 0.792 bits per heavy atom. The van der Waals surface area contributed by atoms with Crippen molar-refractivity contribution in [3.63, 3.8) is 0 Å². The van der Waals surface area contributed by atoms with Crippen molar-refractivity contribution >= 4 is 17.3 Å². The molecule has 0 spiro atoms. The van der Waals surface area contributed by atoms with E-state index >= 15 is 0 Å². The lowest BCUT2D eigenvalue weighted by atomic mass is 10.1. The van der Waals surface area contributed by atoms with Gasteiger partial charge in [0.1, 0.15) is 0 Å². The lowest BCUT2D eigenvalue weighted by molar-refractivity contribution is -0.115. The van der Waals surface area contributed by atoms with Crippen molar-refractivity contribution in [3.05, 3.63) is 53.9 Å². The molecule has 1 aromatic carbocycles. The van der Waals surface area contributed by atoms with Crippen molar-refractivity contribution in [1.29, 1.82) is 0 Å². The Labute approximate surface area is 144 Å². The van der Waals surface area contributed by atoms with Crippen molar-refractivity contribution in [3.8, 4) is 0 Å². The van der Waals surface area contributed by atoms with Crippen LogP contribution in [0.25, 0.3) is 0 Å². The summed E-state index contributed by atoms with van der Waals surface area (Å²) < 4.78 is 0. The van der Waals surface area contributed by atoms with Crippen LogP contribution < -0.4 is 10.6 Å². The minimum atomic E-state index is -0.177. The predicted octanol–water partition coefficient (Wildman–Crippen LogP) is 3.97. The van der Waals surface area contributed by atoms with E-state index in [-0.39, 0.29) is 11.6 Å². The minimum absolute atomic E-state index is 0.154. The average molecular weight is 326 g/mol. The highest BCUT2D eigenvalue weighted by Crippen LogP contribution is 2.15. The van der Waals surface area contributed by atoms with E-state index in [1.54, 1.807) is 0 Å². The Balaban J connectivity index is 1.78. The van der Waals surface area contributed by atoms with Crippen LogP contribution in [0.4, 0.5) is 5.69 Å². The van der Waals surface area contributed by atoms with Gasteiger partial charge >= 0.3 is 0 Å². The first-order valence-corrected chi connectivity index (χ1v) is 8.78. The van der Waals surface area contributed by atoms with Crippen molar-refractivity contribution in [2.75, 3.05) is 11.9 Å². The van der Waals surface area contributed by atoms with Gasteiger partial charge in [-0.1, -0.05) is 57.2 Å². The molecule has 0 saturated heterocycles. The second-order valence-corrected chi connectivity index (χ2v) is 6.03. The molecule has 1 aromatic rings. The third kappa shape index (κ3) is 5.69. The number of anilines is 1. The Morgan fingerprint density at radius 3 is 2.17 bits per heavy atom. The molecule has 128 valence electrons. The van der Waals surface area contributed by atoms with E-state index in [4.69, 9.17) is 0 Å². The van der Waals surface area contributed by atoms with Gasteiger partial charge in [0.2, 0.25) is 11.6 Å². The van der Waals surface area contributed by atoms with E-state index in [2.05, 4.69) is 17.6 Å². The smallest absolute Gasteiger partial charge is 0.204 e. The number of hydrogen-bond donors (Lipinski definition) is 2. The number of benzene rings is 1. The topological polar surface area (TPSA) is 58.2 Å². The summed E-state index contributed by atoms with van der Waals surface area (Å²) in [5, 5.41) is 6.09. The SMILES string of the molecule is CCCCCCCCNC1=CC(=O)C(Nc2ccccc2)=CC1=O.